The van der Waals surface area contributed by atoms with E-state index in [2.05, 4.69) is 20.2 Å². The van der Waals surface area contributed by atoms with Gasteiger partial charge in [0.1, 0.15) is 23.1 Å². The molecule has 0 bridgehead atoms. The number of nitrogens with zero attached hydrogens (tertiary/aromatic N) is 8. The van der Waals surface area contributed by atoms with E-state index in [1.165, 1.54) is 19.2 Å². The van der Waals surface area contributed by atoms with Gasteiger partial charge >= 0.3 is 6.01 Å². The van der Waals surface area contributed by atoms with Crippen molar-refractivity contribution in [2.24, 2.45) is 0 Å². The molecule has 35 heavy (non-hydrogen) atoms. The zero-order valence-corrected chi connectivity index (χ0v) is 18.7. The molecule has 1 saturated heterocycles. The quantitative estimate of drug-likeness (QED) is 0.381. The first-order valence-corrected chi connectivity index (χ1v) is 11.1. The normalized spacial score (nSPS) is 15.7. The minimum atomic E-state index is -0.452. The van der Waals surface area contributed by atoms with Crippen molar-refractivity contribution in [3.05, 3.63) is 78.6 Å². The number of methoxy groups -OCH3 is 1. The molecule has 0 saturated carbocycles. The Kier molecular flexibility index (Phi) is 5.09. The van der Waals surface area contributed by atoms with E-state index in [9.17, 15) is 8.78 Å². The van der Waals surface area contributed by atoms with Crippen molar-refractivity contribution in [3.63, 3.8) is 0 Å². The molecule has 1 aliphatic rings. The molecular weight excluding hydrogens is 454 g/mol. The fourth-order valence-corrected chi connectivity index (χ4v) is 4.48. The maximum Gasteiger partial charge on any atom is 0.316 e. The molecule has 1 fully saturated rings. The highest BCUT2D eigenvalue weighted by Gasteiger charge is 2.30. The van der Waals surface area contributed by atoms with Gasteiger partial charge in [0.2, 0.25) is 0 Å². The average molecular weight is 474 g/mol. The summed E-state index contributed by atoms with van der Waals surface area (Å²) >= 11 is 0. The highest BCUT2D eigenvalue weighted by atomic mass is 19.1. The number of fused-ring (bicyclic) bond motifs is 1. The van der Waals surface area contributed by atoms with E-state index < -0.39 is 11.6 Å². The number of hydrogen-bond acceptors (Lipinski definition) is 7. The van der Waals surface area contributed by atoms with Crippen molar-refractivity contribution >= 4 is 11.5 Å². The summed E-state index contributed by atoms with van der Waals surface area (Å²) in [4.78, 5) is 15.1. The zero-order chi connectivity index (χ0) is 23.9. The van der Waals surface area contributed by atoms with Gasteiger partial charge in [0.25, 0.3) is 0 Å². The fourth-order valence-electron chi connectivity index (χ4n) is 4.48. The van der Waals surface area contributed by atoms with Crippen LogP contribution in [0.15, 0.2) is 61.4 Å². The Bertz CT molecular complexity index is 1510. The van der Waals surface area contributed by atoms with Crippen LogP contribution in [0.5, 0.6) is 6.01 Å². The Labute approximate surface area is 198 Å². The van der Waals surface area contributed by atoms with E-state index in [-0.39, 0.29) is 6.04 Å². The van der Waals surface area contributed by atoms with Crippen molar-refractivity contribution in [1.82, 2.24) is 34.3 Å². The molecule has 0 radical (unpaired) electrons. The van der Waals surface area contributed by atoms with Crippen LogP contribution in [0, 0.1) is 11.6 Å². The third kappa shape index (κ3) is 3.74. The van der Waals surface area contributed by atoms with Crippen LogP contribution in [0.2, 0.25) is 0 Å². The number of benzene rings is 1. The van der Waals surface area contributed by atoms with Gasteiger partial charge in [0, 0.05) is 48.0 Å². The summed E-state index contributed by atoms with van der Waals surface area (Å²) in [6.45, 7) is 0.691. The standard InChI is InChI=1S/C24H20F2N8O/c1-35-24-27-10-15(11-28-24)16-12-29-34(14-16)21-13-30-33-8-6-22(31-23(21)33)32-7-2-3-20(32)18-9-17(25)4-5-19(18)26/h4-6,8-14,20H,2-3,7H2,1H3/t20-/m1/s1. The third-order valence-electron chi connectivity index (χ3n) is 6.17. The van der Waals surface area contributed by atoms with Crippen LogP contribution in [0.1, 0.15) is 24.4 Å². The van der Waals surface area contributed by atoms with Gasteiger partial charge < -0.3 is 9.64 Å². The van der Waals surface area contributed by atoms with Gasteiger partial charge in [0.15, 0.2) is 5.65 Å². The van der Waals surface area contributed by atoms with Crippen LogP contribution in [-0.4, -0.2) is 48.0 Å². The van der Waals surface area contributed by atoms with E-state index in [1.54, 1.807) is 40.2 Å². The van der Waals surface area contributed by atoms with Crippen LogP contribution in [0.25, 0.3) is 22.5 Å². The minimum absolute atomic E-state index is 0.291. The molecule has 6 rings (SSSR count). The lowest BCUT2D eigenvalue weighted by atomic mass is 10.0. The second-order valence-electron chi connectivity index (χ2n) is 8.23. The molecule has 0 amide bonds. The van der Waals surface area contributed by atoms with Gasteiger partial charge in [0.05, 0.1) is 25.5 Å². The lowest BCUT2D eigenvalue weighted by Crippen LogP contribution is -2.24. The second kappa shape index (κ2) is 8.42. The Balaban J connectivity index is 1.35. The monoisotopic (exact) mass is 474 g/mol. The van der Waals surface area contributed by atoms with Crippen molar-refractivity contribution in [3.8, 4) is 22.8 Å². The van der Waals surface area contributed by atoms with Gasteiger partial charge in [-0.1, -0.05) is 0 Å². The lowest BCUT2D eigenvalue weighted by Gasteiger charge is -2.26. The summed E-state index contributed by atoms with van der Waals surface area (Å²) < 4.78 is 36.7. The Hall–Kier alpha value is -4.41. The summed E-state index contributed by atoms with van der Waals surface area (Å²) in [5.41, 5.74) is 3.23. The summed E-state index contributed by atoms with van der Waals surface area (Å²) in [7, 11) is 1.51. The Morgan fingerprint density at radius 3 is 2.69 bits per heavy atom. The van der Waals surface area contributed by atoms with Gasteiger partial charge in [-0.3, -0.25) is 0 Å². The number of halogens is 2. The maximum atomic E-state index is 14.5. The highest BCUT2D eigenvalue weighted by Crippen LogP contribution is 2.37. The van der Waals surface area contributed by atoms with Gasteiger partial charge in [-0.25, -0.2) is 32.9 Å². The van der Waals surface area contributed by atoms with E-state index in [4.69, 9.17) is 9.72 Å². The predicted molar refractivity (Wildman–Crippen MR) is 123 cm³/mol. The summed E-state index contributed by atoms with van der Waals surface area (Å²) in [6, 6.07) is 5.42. The van der Waals surface area contributed by atoms with Crippen molar-refractivity contribution in [1.29, 1.82) is 0 Å². The lowest BCUT2D eigenvalue weighted by molar-refractivity contribution is 0.380. The molecule has 5 aromatic rings. The first kappa shape index (κ1) is 21.1. The summed E-state index contributed by atoms with van der Waals surface area (Å²) in [5.74, 6) is -0.200. The molecule has 4 aromatic heterocycles. The minimum Gasteiger partial charge on any atom is -0.467 e. The average Bonchev–Trinajstić information content (AvgIpc) is 3.64. The third-order valence-corrected chi connectivity index (χ3v) is 6.17. The van der Waals surface area contributed by atoms with Crippen LogP contribution >= 0.6 is 0 Å². The molecule has 1 aromatic carbocycles. The number of hydrogen-bond donors (Lipinski definition) is 0. The van der Waals surface area contributed by atoms with Gasteiger partial charge in [-0.05, 0) is 37.1 Å². The Morgan fingerprint density at radius 2 is 1.86 bits per heavy atom. The molecule has 5 heterocycles. The van der Waals surface area contributed by atoms with E-state index >= 15 is 0 Å². The summed E-state index contributed by atoms with van der Waals surface area (Å²) in [5, 5.41) is 8.86. The van der Waals surface area contributed by atoms with Gasteiger partial charge in [-0.2, -0.15) is 10.2 Å². The molecule has 1 atom stereocenters. The smallest absolute Gasteiger partial charge is 0.316 e. The first-order valence-electron chi connectivity index (χ1n) is 11.1. The SMILES string of the molecule is COc1ncc(-c2cnn(-c3cnn4ccc(N5CCC[C@@H]5c5cc(F)ccc5F)nc34)c2)cn1. The molecule has 0 aliphatic carbocycles. The van der Waals surface area contributed by atoms with Gasteiger partial charge in [-0.15, -0.1) is 0 Å². The molecule has 176 valence electrons. The number of aromatic nitrogens is 7. The van der Waals surface area contributed by atoms with Crippen LogP contribution in [-0.2, 0) is 0 Å². The van der Waals surface area contributed by atoms with E-state index in [1.807, 2.05) is 17.2 Å². The second-order valence-corrected chi connectivity index (χ2v) is 8.23. The maximum absolute atomic E-state index is 14.5. The van der Waals surface area contributed by atoms with E-state index in [0.29, 0.717) is 41.7 Å². The predicted octanol–water partition coefficient (Wildman–Crippen LogP) is 4.00. The topological polar surface area (TPSA) is 86.3 Å². The van der Waals surface area contributed by atoms with Crippen molar-refractivity contribution in [2.75, 3.05) is 18.6 Å². The fraction of sp³-hybridized carbons (Fsp3) is 0.208. The first-order chi connectivity index (χ1) is 17.1. The molecule has 0 N–H and O–H groups in total. The molecule has 9 nitrogen and oxygen atoms in total. The number of rotatable bonds is 5. The molecule has 0 spiro atoms. The largest absolute Gasteiger partial charge is 0.467 e. The van der Waals surface area contributed by atoms with E-state index in [0.717, 1.165) is 23.6 Å². The summed E-state index contributed by atoms with van der Waals surface area (Å²) in [6.07, 6.45) is 11.9. The molecule has 1 aliphatic heterocycles. The van der Waals surface area contributed by atoms with Crippen molar-refractivity contribution in [2.45, 2.75) is 18.9 Å². The molecule has 0 unspecified atom stereocenters. The number of ether oxygens (including phenoxy) is 1. The van der Waals surface area contributed by atoms with Crippen LogP contribution < -0.4 is 9.64 Å². The zero-order valence-electron chi connectivity index (χ0n) is 18.7. The Morgan fingerprint density at radius 1 is 1.00 bits per heavy atom. The number of anilines is 1. The molecular formula is C24H20F2N8O. The highest BCUT2D eigenvalue weighted by molar-refractivity contribution is 5.64. The van der Waals surface area contributed by atoms with Crippen LogP contribution in [0.3, 0.4) is 0 Å². The molecule has 11 heteroatoms. The van der Waals surface area contributed by atoms with Crippen LogP contribution in [0.4, 0.5) is 14.6 Å². The van der Waals surface area contributed by atoms with Crippen molar-refractivity contribution < 1.29 is 13.5 Å².